The monoisotopic (exact) mass is 431 g/mol. The maximum atomic E-state index is 13.1. The van der Waals surface area contributed by atoms with E-state index in [1.165, 1.54) is 4.90 Å². The van der Waals surface area contributed by atoms with E-state index in [-0.39, 0.29) is 18.0 Å². The average Bonchev–Trinajstić information content (AvgIpc) is 3.19. The zero-order valence-electron chi connectivity index (χ0n) is 16.1. The fourth-order valence-corrected chi connectivity index (χ4v) is 5.77. The molecule has 28 heavy (non-hydrogen) atoms. The van der Waals surface area contributed by atoms with Crippen LogP contribution in [0.25, 0.3) is 11.1 Å². The summed E-state index contributed by atoms with van der Waals surface area (Å²) in [6.45, 7) is 5.71. The Morgan fingerprint density at radius 3 is 2.57 bits per heavy atom. The summed E-state index contributed by atoms with van der Waals surface area (Å²) >= 11 is 3.26. The third kappa shape index (κ3) is 3.52. The van der Waals surface area contributed by atoms with Crippen molar-refractivity contribution in [3.63, 3.8) is 0 Å². The molecule has 0 spiro atoms. The summed E-state index contributed by atoms with van der Waals surface area (Å²) in [4.78, 5) is 16.5. The number of benzene rings is 1. The number of thiazole rings is 1. The molecule has 1 aliphatic heterocycles. The van der Waals surface area contributed by atoms with Gasteiger partial charge in [0.1, 0.15) is 20.8 Å². The van der Waals surface area contributed by atoms with Crippen LogP contribution in [0.1, 0.15) is 19.5 Å². The van der Waals surface area contributed by atoms with Gasteiger partial charge in [-0.2, -0.15) is 4.57 Å². The standard InChI is InChI=1S/C21H22N3OS2.ClH/c1-4-23-13-9-8-10-15(23)14-18-24(5-2)20(25)19(27-18)21-22(3)16-11-6-7-12-17(16)26-21;/h6-14H,4-5H2,1-3H3;1H/q+1;/p-1. The third-order valence-electron chi connectivity index (χ3n) is 4.75. The van der Waals surface area contributed by atoms with Crippen molar-refractivity contribution in [3.8, 4) is 0 Å². The minimum absolute atomic E-state index is 0. The minimum atomic E-state index is 0. The van der Waals surface area contributed by atoms with Gasteiger partial charge >= 0.3 is 0 Å². The largest absolute Gasteiger partial charge is 1.00 e. The molecule has 4 rings (SSSR count). The van der Waals surface area contributed by atoms with E-state index in [2.05, 4.69) is 46.9 Å². The van der Waals surface area contributed by atoms with Crippen LogP contribution in [0.2, 0.25) is 0 Å². The Hall–Kier alpha value is -2.02. The van der Waals surface area contributed by atoms with E-state index in [9.17, 15) is 4.79 Å². The number of anilines is 1. The Morgan fingerprint density at radius 2 is 1.86 bits per heavy atom. The quantitative estimate of drug-likeness (QED) is 0.517. The number of thioether (sulfide) groups is 1. The van der Waals surface area contributed by atoms with Crippen LogP contribution < -0.4 is 36.6 Å². The van der Waals surface area contributed by atoms with Crippen molar-refractivity contribution in [1.29, 1.82) is 0 Å². The van der Waals surface area contributed by atoms with Crippen LogP contribution in [-0.4, -0.2) is 11.6 Å². The van der Waals surface area contributed by atoms with E-state index in [1.807, 2.05) is 42.8 Å². The fraction of sp³-hybridized carbons (Fsp3) is 0.238. The van der Waals surface area contributed by atoms with Crippen LogP contribution in [0.15, 0.2) is 58.4 Å². The average molecular weight is 432 g/mol. The summed E-state index contributed by atoms with van der Waals surface area (Å²) in [5, 5.41) is 1.02. The van der Waals surface area contributed by atoms with E-state index in [4.69, 9.17) is 0 Å². The van der Waals surface area contributed by atoms with Crippen LogP contribution in [0.5, 0.6) is 0 Å². The molecule has 0 radical (unpaired) electrons. The predicted molar refractivity (Wildman–Crippen MR) is 113 cm³/mol. The lowest BCUT2D eigenvalue weighted by Gasteiger charge is -2.11. The Balaban J connectivity index is 0.00000225. The zero-order valence-corrected chi connectivity index (χ0v) is 18.4. The Labute approximate surface area is 178 Å². The normalized spacial score (nSPS) is 15.5. The van der Waals surface area contributed by atoms with Crippen molar-refractivity contribution < 1.29 is 17.0 Å². The van der Waals surface area contributed by atoms with Crippen LogP contribution in [-0.2, 0) is 13.1 Å². The highest BCUT2D eigenvalue weighted by Crippen LogP contribution is 2.44. The number of hydrogen-bond acceptors (Lipinski definition) is 4. The second-order valence-electron chi connectivity index (χ2n) is 6.31. The van der Waals surface area contributed by atoms with Gasteiger partial charge in [0.05, 0.1) is 5.69 Å². The maximum Gasteiger partial charge on any atom is 0.271 e. The van der Waals surface area contributed by atoms with Gasteiger partial charge in [-0.05, 0) is 32.0 Å². The van der Waals surface area contributed by atoms with Crippen molar-refractivity contribution in [1.82, 2.24) is 4.57 Å². The molecule has 0 saturated carbocycles. The molecule has 1 aliphatic rings. The van der Waals surface area contributed by atoms with Crippen LogP contribution in [0.3, 0.4) is 0 Å². The molecule has 1 aromatic carbocycles. The molecule has 0 saturated heterocycles. The van der Waals surface area contributed by atoms with Crippen LogP contribution in [0, 0.1) is 0 Å². The van der Waals surface area contributed by atoms with Crippen molar-refractivity contribution in [2.75, 3.05) is 11.9 Å². The molecule has 0 unspecified atom stereocenters. The van der Waals surface area contributed by atoms with E-state index in [1.54, 1.807) is 23.1 Å². The molecule has 0 fully saturated rings. The number of para-hydroxylation sites is 1. The summed E-state index contributed by atoms with van der Waals surface area (Å²) in [5.41, 5.74) is 2.36. The third-order valence-corrected chi connectivity index (χ3v) is 7.23. The summed E-state index contributed by atoms with van der Waals surface area (Å²) in [5.74, 6) is 0. The van der Waals surface area contributed by atoms with Gasteiger partial charge in [-0.3, -0.25) is 9.36 Å². The number of pyridine rings is 1. The molecule has 146 valence electrons. The Morgan fingerprint density at radius 1 is 1.11 bits per heavy atom. The minimum Gasteiger partial charge on any atom is -1.00 e. The molecule has 0 atom stereocenters. The summed E-state index contributed by atoms with van der Waals surface area (Å²) in [6, 6.07) is 14.4. The van der Waals surface area contributed by atoms with Crippen molar-refractivity contribution >= 4 is 39.9 Å². The molecule has 2 aromatic heterocycles. The lowest BCUT2D eigenvalue weighted by atomic mass is 10.3. The number of nitrogens with zero attached hydrogens (tertiary/aromatic N) is 3. The number of fused-ring (bicyclic) bond motifs is 1. The van der Waals surface area contributed by atoms with Gasteiger partial charge in [0, 0.05) is 36.7 Å². The highest BCUT2D eigenvalue weighted by Gasteiger charge is 2.24. The first kappa shape index (κ1) is 20.7. The maximum absolute atomic E-state index is 13.1. The van der Waals surface area contributed by atoms with Crippen molar-refractivity contribution in [2.45, 2.75) is 31.8 Å². The molecule has 3 heterocycles. The number of hydrogen-bond donors (Lipinski definition) is 0. The highest BCUT2D eigenvalue weighted by atomic mass is 35.5. The lowest BCUT2D eigenvalue weighted by Crippen LogP contribution is -3.00. The SMILES string of the molecule is CCn1c(=Cc2cccc[n+]2CC)sc(=C2Sc3ccccc3N2C)c1=O.[Cl-]. The molecule has 7 heteroatoms. The first-order valence-corrected chi connectivity index (χ1v) is 10.7. The number of aromatic nitrogens is 2. The summed E-state index contributed by atoms with van der Waals surface area (Å²) in [6.07, 6.45) is 4.19. The molecule has 0 N–H and O–H groups in total. The van der Waals surface area contributed by atoms with Crippen LogP contribution in [0.4, 0.5) is 5.69 Å². The van der Waals surface area contributed by atoms with Gasteiger partial charge in [-0.15, -0.1) is 11.3 Å². The first-order chi connectivity index (χ1) is 13.1. The second-order valence-corrected chi connectivity index (χ2v) is 8.37. The topological polar surface area (TPSA) is 29.1 Å². The first-order valence-electron chi connectivity index (χ1n) is 9.08. The zero-order chi connectivity index (χ0) is 19.0. The van der Waals surface area contributed by atoms with Crippen molar-refractivity contribution in [3.05, 3.63) is 73.9 Å². The molecular weight excluding hydrogens is 410 g/mol. The molecule has 4 nitrogen and oxygen atoms in total. The lowest BCUT2D eigenvalue weighted by molar-refractivity contribution is -0.695. The Bertz CT molecular complexity index is 1180. The molecule has 0 bridgehead atoms. The van der Waals surface area contributed by atoms with Crippen molar-refractivity contribution in [2.24, 2.45) is 0 Å². The summed E-state index contributed by atoms with van der Waals surface area (Å²) < 4.78 is 5.86. The van der Waals surface area contributed by atoms with Gasteiger partial charge in [0.25, 0.3) is 5.56 Å². The van der Waals surface area contributed by atoms with Gasteiger partial charge in [0.15, 0.2) is 6.20 Å². The molecule has 0 amide bonds. The highest BCUT2D eigenvalue weighted by molar-refractivity contribution is 8.08. The van der Waals surface area contributed by atoms with E-state index in [0.29, 0.717) is 6.54 Å². The molecule has 3 aromatic rings. The second kappa shape index (κ2) is 8.55. The fourth-order valence-electron chi connectivity index (χ4n) is 3.30. The van der Waals surface area contributed by atoms with E-state index in [0.717, 1.165) is 32.2 Å². The Kier molecular flexibility index (Phi) is 6.33. The van der Waals surface area contributed by atoms with E-state index < -0.39 is 0 Å². The van der Waals surface area contributed by atoms with Gasteiger partial charge in [0.2, 0.25) is 5.69 Å². The van der Waals surface area contributed by atoms with Crippen LogP contribution >= 0.6 is 23.1 Å². The molecule has 0 aliphatic carbocycles. The van der Waals surface area contributed by atoms with E-state index >= 15 is 0 Å². The number of aryl methyl sites for hydroxylation is 1. The van der Waals surface area contributed by atoms with Gasteiger partial charge in [-0.25, -0.2) is 0 Å². The summed E-state index contributed by atoms with van der Waals surface area (Å²) in [7, 11) is 2.04. The number of rotatable bonds is 3. The van der Waals surface area contributed by atoms with Gasteiger partial charge < -0.3 is 17.3 Å². The molecular formula is C21H22ClN3OS2. The van der Waals surface area contributed by atoms with Gasteiger partial charge in [-0.1, -0.05) is 23.9 Å². The number of halogens is 1. The predicted octanol–water partition coefficient (Wildman–Crippen LogP) is -0.622. The smallest absolute Gasteiger partial charge is 0.271 e.